The SMILES string of the molecule is CCc1ccc(C(N)CCCCC(=O)c2ccccc2C)c(C)c1. The maximum atomic E-state index is 12.3. The van der Waals surface area contributed by atoms with E-state index in [0.29, 0.717) is 6.42 Å². The van der Waals surface area contributed by atoms with Crippen LogP contribution in [0.4, 0.5) is 0 Å². The first-order valence-electron chi connectivity index (χ1n) is 8.96. The number of benzene rings is 2. The van der Waals surface area contributed by atoms with Crippen LogP contribution in [0.2, 0.25) is 0 Å². The third-order valence-electron chi connectivity index (χ3n) is 4.76. The molecule has 1 unspecified atom stereocenters. The van der Waals surface area contributed by atoms with Crippen molar-refractivity contribution < 1.29 is 4.79 Å². The molecule has 2 nitrogen and oxygen atoms in total. The molecule has 0 fully saturated rings. The minimum atomic E-state index is 0.0597. The van der Waals surface area contributed by atoms with Crippen molar-refractivity contribution in [1.82, 2.24) is 0 Å². The summed E-state index contributed by atoms with van der Waals surface area (Å²) >= 11 is 0. The summed E-state index contributed by atoms with van der Waals surface area (Å²) in [6, 6.07) is 14.4. The van der Waals surface area contributed by atoms with Crippen LogP contribution in [0.5, 0.6) is 0 Å². The second kappa shape index (κ2) is 8.79. The van der Waals surface area contributed by atoms with Crippen LogP contribution in [-0.4, -0.2) is 5.78 Å². The summed E-state index contributed by atoms with van der Waals surface area (Å²) in [5, 5.41) is 0. The molecule has 2 aromatic carbocycles. The van der Waals surface area contributed by atoms with Gasteiger partial charge in [0.1, 0.15) is 0 Å². The number of nitrogens with two attached hydrogens (primary N) is 1. The smallest absolute Gasteiger partial charge is 0.163 e. The molecule has 0 amide bonds. The Morgan fingerprint density at radius 2 is 1.79 bits per heavy atom. The van der Waals surface area contributed by atoms with E-state index in [2.05, 4.69) is 32.0 Å². The Labute approximate surface area is 146 Å². The molecule has 0 saturated heterocycles. The summed E-state index contributed by atoms with van der Waals surface area (Å²) in [4.78, 5) is 12.3. The molecule has 0 aliphatic heterocycles. The highest BCUT2D eigenvalue weighted by Gasteiger charge is 2.11. The highest BCUT2D eigenvalue weighted by Crippen LogP contribution is 2.22. The maximum absolute atomic E-state index is 12.3. The Morgan fingerprint density at radius 1 is 1.04 bits per heavy atom. The van der Waals surface area contributed by atoms with Crippen LogP contribution in [0.25, 0.3) is 0 Å². The Morgan fingerprint density at radius 3 is 2.46 bits per heavy atom. The Hall–Kier alpha value is -1.93. The van der Waals surface area contributed by atoms with E-state index in [9.17, 15) is 4.79 Å². The van der Waals surface area contributed by atoms with Crippen LogP contribution >= 0.6 is 0 Å². The first-order valence-corrected chi connectivity index (χ1v) is 8.96. The average molecular weight is 323 g/mol. The summed E-state index contributed by atoms with van der Waals surface area (Å²) in [6.07, 6.45) is 4.46. The zero-order chi connectivity index (χ0) is 17.5. The Kier molecular flexibility index (Phi) is 6.74. The molecule has 2 N–H and O–H groups in total. The molecular formula is C22H29NO. The van der Waals surface area contributed by atoms with E-state index < -0.39 is 0 Å². The summed E-state index contributed by atoms with van der Waals surface area (Å²) < 4.78 is 0. The number of aryl methyl sites for hydroxylation is 3. The Balaban J connectivity index is 1.82. The molecule has 0 saturated carbocycles. The van der Waals surface area contributed by atoms with Gasteiger partial charge in [-0.2, -0.15) is 0 Å². The van der Waals surface area contributed by atoms with Crippen molar-refractivity contribution in [1.29, 1.82) is 0 Å². The average Bonchev–Trinajstić information content (AvgIpc) is 2.58. The van der Waals surface area contributed by atoms with Gasteiger partial charge >= 0.3 is 0 Å². The van der Waals surface area contributed by atoms with Gasteiger partial charge in [-0.3, -0.25) is 4.79 Å². The van der Waals surface area contributed by atoms with Crippen LogP contribution in [0, 0.1) is 13.8 Å². The van der Waals surface area contributed by atoms with E-state index in [4.69, 9.17) is 5.73 Å². The third kappa shape index (κ3) is 4.78. The van der Waals surface area contributed by atoms with Crippen LogP contribution in [-0.2, 0) is 6.42 Å². The van der Waals surface area contributed by atoms with Gasteiger partial charge in [-0.25, -0.2) is 0 Å². The predicted molar refractivity (Wildman–Crippen MR) is 101 cm³/mol. The van der Waals surface area contributed by atoms with E-state index in [1.807, 2.05) is 31.2 Å². The number of carbonyl (C=O) groups is 1. The molecular weight excluding hydrogens is 294 g/mol. The normalized spacial score (nSPS) is 12.2. The number of unbranched alkanes of at least 4 members (excludes halogenated alkanes) is 1. The molecule has 2 heteroatoms. The summed E-state index contributed by atoms with van der Waals surface area (Å²) in [5.41, 5.74) is 12.1. The number of rotatable bonds is 8. The van der Waals surface area contributed by atoms with Crippen molar-refractivity contribution in [3.63, 3.8) is 0 Å². The molecule has 0 bridgehead atoms. The van der Waals surface area contributed by atoms with Crippen LogP contribution in [0.15, 0.2) is 42.5 Å². The van der Waals surface area contributed by atoms with Gasteiger partial charge < -0.3 is 5.73 Å². The standard InChI is InChI=1S/C22H29NO/c1-4-18-13-14-19(17(3)15-18)21(23)11-7-8-12-22(24)20-10-6-5-9-16(20)2/h5-6,9-10,13-15,21H,4,7-8,11-12,23H2,1-3H3. The second-order valence-electron chi connectivity index (χ2n) is 6.63. The predicted octanol–water partition coefficient (Wildman–Crippen LogP) is 5.31. The number of ketones is 1. The molecule has 0 radical (unpaired) electrons. The fourth-order valence-electron chi connectivity index (χ4n) is 3.20. The first-order chi connectivity index (χ1) is 11.5. The molecule has 0 aliphatic carbocycles. The van der Waals surface area contributed by atoms with Crippen molar-refractivity contribution in [2.75, 3.05) is 0 Å². The van der Waals surface area contributed by atoms with Gasteiger partial charge in [0.2, 0.25) is 0 Å². The summed E-state index contributed by atoms with van der Waals surface area (Å²) in [7, 11) is 0. The van der Waals surface area contributed by atoms with Gasteiger partial charge in [-0.15, -0.1) is 0 Å². The Bertz CT molecular complexity index is 690. The largest absolute Gasteiger partial charge is 0.324 e. The van der Waals surface area contributed by atoms with Gasteiger partial charge in [0, 0.05) is 18.0 Å². The lowest BCUT2D eigenvalue weighted by molar-refractivity contribution is 0.0978. The van der Waals surface area contributed by atoms with Gasteiger partial charge in [-0.05, 0) is 55.4 Å². The lowest BCUT2D eigenvalue weighted by Gasteiger charge is -2.15. The van der Waals surface area contributed by atoms with Crippen LogP contribution in [0.1, 0.15) is 71.3 Å². The summed E-state index contributed by atoms with van der Waals surface area (Å²) in [5.74, 6) is 0.241. The number of hydrogen-bond acceptors (Lipinski definition) is 2. The van der Waals surface area contributed by atoms with Gasteiger partial charge in [0.15, 0.2) is 5.78 Å². The molecule has 1 atom stereocenters. The monoisotopic (exact) mass is 323 g/mol. The molecule has 128 valence electrons. The molecule has 2 rings (SSSR count). The molecule has 0 heterocycles. The van der Waals surface area contributed by atoms with Crippen molar-refractivity contribution in [3.8, 4) is 0 Å². The molecule has 24 heavy (non-hydrogen) atoms. The minimum Gasteiger partial charge on any atom is -0.324 e. The van der Waals surface area contributed by atoms with Crippen molar-refractivity contribution >= 4 is 5.78 Å². The number of hydrogen-bond donors (Lipinski definition) is 1. The van der Waals surface area contributed by atoms with Gasteiger partial charge in [0.05, 0.1) is 0 Å². The highest BCUT2D eigenvalue weighted by atomic mass is 16.1. The van der Waals surface area contributed by atoms with Gasteiger partial charge in [-0.1, -0.05) is 55.8 Å². The molecule has 0 aliphatic rings. The molecule has 0 spiro atoms. The first kappa shape index (κ1) is 18.4. The lowest BCUT2D eigenvalue weighted by Crippen LogP contribution is -2.12. The van der Waals surface area contributed by atoms with Crippen molar-refractivity contribution in [3.05, 3.63) is 70.3 Å². The number of Topliss-reactive ketones (excluding diaryl/α,β-unsaturated/α-hetero) is 1. The summed E-state index contributed by atoms with van der Waals surface area (Å²) in [6.45, 7) is 6.29. The fourth-order valence-corrected chi connectivity index (χ4v) is 3.20. The van der Waals surface area contributed by atoms with E-state index in [1.165, 1.54) is 16.7 Å². The zero-order valence-corrected chi connectivity index (χ0v) is 15.1. The molecule has 0 aromatic heterocycles. The maximum Gasteiger partial charge on any atom is 0.163 e. The minimum absolute atomic E-state index is 0.0597. The second-order valence-corrected chi connectivity index (χ2v) is 6.63. The topological polar surface area (TPSA) is 43.1 Å². The highest BCUT2D eigenvalue weighted by molar-refractivity contribution is 5.97. The quantitative estimate of drug-likeness (QED) is 0.528. The van der Waals surface area contributed by atoms with E-state index >= 15 is 0 Å². The molecule has 2 aromatic rings. The van der Waals surface area contributed by atoms with Crippen molar-refractivity contribution in [2.45, 2.75) is 58.9 Å². The third-order valence-corrected chi connectivity index (χ3v) is 4.76. The van der Waals surface area contributed by atoms with Crippen LogP contribution in [0.3, 0.4) is 0 Å². The fraction of sp³-hybridized carbons (Fsp3) is 0.409. The van der Waals surface area contributed by atoms with E-state index in [0.717, 1.165) is 36.8 Å². The van der Waals surface area contributed by atoms with E-state index in [1.54, 1.807) is 0 Å². The number of carbonyl (C=O) groups excluding carboxylic acids is 1. The van der Waals surface area contributed by atoms with Crippen LogP contribution < -0.4 is 5.73 Å². The van der Waals surface area contributed by atoms with E-state index in [-0.39, 0.29) is 11.8 Å². The van der Waals surface area contributed by atoms with Gasteiger partial charge in [0.25, 0.3) is 0 Å². The lowest BCUT2D eigenvalue weighted by atomic mass is 9.94. The zero-order valence-electron chi connectivity index (χ0n) is 15.1. The van der Waals surface area contributed by atoms with Crippen molar-refractivity contribution in [2.24, 2.45) is 5.73 Å².